The van der Waals surface area contributed by atoms with Crippen LogP contribution in [0.2, 0.25) is 0 Å². The van der Waals surface area contributed by atoms with Gasteiger partial charge in [-0.2, -0.15) is 0 Å². The van der Waals surface area contributed by atoms with Crippen LogP contribution >= 0.6 is 11.8 Å². The summed E-state index contributed by atoms with van der Waals surface area (Å²) in [5, 5.41) is 12.4. The van der Waals surface area contributed by atoms with E-state index in [0.717, 1.165) is 46.7 Å². The number of carboxylic acid groups (broad SMARTS) is 1. The van der Waals surface area contributed by atoms with E-state index in [1.165, 1.54) is 24.8 Å². The molecule has 0 bridgehead atoms. The third-order valence-corrected chi connectivity index (χ3v) is 7.47. The van der Waals surface area contributed by atoms with Crippen molar-refractivity contribution >= 4 is 29.4 Å². The van der Waals surface area contributed by atoms with E-state index in [1.807, 2.05) is 53.4 Å². The quantitative estimate of drug-likeness (QED) is 0.315. The maximum Gasteiger partial charge on any atom is 0.322 e. The van der Waals surface area contributed by atoms with E-state index in [1.54, 1.807) is 11.8 Å². The van der Waals surface area contributed by atoms with Crippen LogP contribution in [0.4, 0.5) is 10.5 Å². The molecule has 2 N–H and O–H groups in total. The fourth-order valence-corrected chi connectivity index (χ4v) is 5.63. The van der Waals surface area contributed by atoms with Crippen LogP contribution in [0, 0.1) is 0 Å². The van der Waals surface area contributed by atoms with Crippen LogP contribution in [-0.2, 0) is 17.6 Å². The average Bonchev–Trinajstić information content (AvgIpc) is 2.88. The third-order valence-electron chi connectivity index (χ3n) is 6.49. The Labute approximate surface area is 217 Å². The molecule has 0 unspecified atom stereocenters. The first-order valence-corrected chi connectivity index (χ1v) is 13.6. The Hall–Kier alpha value is -3.25. The van der Waals surface area contributed by atoms with E-state index >= 15 is 0 Å². The molecule has 0 radical (unpaired) electrons. The van der Waals surface area contributed by atoms with Crippen molar-refractivity contribution in [2.24, 2.45) is 0 Å². The minimum atomic E-state index is -0.839. The average molecular weight is 503 g/mol. The van der Waals surface area contributed by atoms with Gasteiger partial charge in [-0.15, -0.1) is 0 Å². The number of hydrogen-bond donors (Lipinski definition) is 2. The number of anilines is 1. The van der Waals surface area contributed by atoms with Gasteiger partial charge in [-0.3, -0.25) is 9.69 Å². The predicted octanol–water partition coefficient (Wildman–Crippen LogP) is 6.95. The lowest BCUT2D eigenvalue weighted by Crippen LogP contribution is -2.46. The Morgan fingerprint density at radius 2 is 1.56 bits per heavy atom. The minimum Gasteiger partial charge on any atom is -0.481 e. The number of nitrogens with one attached hydrogen (secondary N) is 1. The van der Waals surface area contributed by atoms with Gasteiger partial charge in [-0.25, -0.2) is 4.79 Å². The van der Waals surface area contributed by atoms with Gasteiger partial charge in [-0.05, 0) is 67.1 Å². The van der Waals surface area contributed by atoms with Gasteiger partial charge in [0.15, 0.2) is 0 Å². The molecule has 1 aliphatic rings. The number of aryl methyl sites for hydroxylation is 1. The van der Waals surface area contributed by atoms with Gasteiger partial charge in [0.2, 0.25) is 0 Å². The van der Waals surface area contributed by atoms with Crippen LogP contribution in [0.3, 0.4) is 0 Å². The molecule has 6 heteroatoms. The maximum atomic E-state index is 13.4. The molecule has 1 saturated carbocycles. The molecular weight excluding hydrogens is 468 g/mol. The van der Waals surface area contributed by atoms with Crippen molar-refractivity contribution in [1.82, 2.24) is 5.32 Å². The number of nitrogens with zero attached hydrogens (tertiary/aromatic N) is 1. The zero-order chi connectivity index (χ0) is 25.2. The Morgan fingerprint density at radius 3 is 2.31 bits per heavy atom. The fourth-order valence-electron chi connectivity index (χ4n) is 4.68. The Balaban J connectivity index is 1.49. The van der Waals surface area contributed by atoms with Gasteiger partial charge in [0.1, 0.15) is 0 Å². The Morgan fingerprint density at radius 1 is 0.861 bits per heavy atom. The highest BCUT2D eigenvalue weighted by molar-refractivity contribution is 7.99. The molecule has 5 nitrogen and oxygen atoms in total. The van der Waals surface area contributed by atoms with Crippen molar-refractivity contribution < 1.29 is 14.7 Å². The van der Waals surface area contributed by atoms with Gasteiger partial charge in [0.05, 0.1) is 6.42 Å². The predicted molar refractivity (Wildman–Crippen MR) is 146 cm³/mol. The number of carboxylic acids is 1. The lowest BCUT2D eigenvalue weighted by Gasteiger charge is -2.29. The molecule has 0 aromatic heterocycles. The highest BCUT2D eigenvalue weighted by atomic mass is 32.2. The number of carbonyl (C=O) groups excluding carboxylic acids is 1. The van der Waals surface area contributed by atoms with Crippen LogP contribution in [0.15, 0.2) is 88.7 Å². The van der Waals surface area contributed by atoms with E-state index in [4.69, 9.17) is 5.11 Å². The monoisotopic (exact) mass is 502 g/mol. The van der Waals surface area contributed by atoms with Gasteiger partial charge in [-0.1, -0.05) is 79.6 Å². The number of aliphatic carboxylic acids is 1. The van der Waals surface area contributed by atoms with Gasteiger partial charge < -0.3 is 10.4 Å². The Bertz CT molecular complexity index is 1150. The molecule has 1 fully saturated rings. The number of urea groups is 1. The van der Waals surface area contributed by atoms with Crippen molar-refractivity contribution in [2.75, 3.05) is 11.4 Å². The molecule has 3 aromatic carbocycles. The SMILES string of the molecule is O=C(O)Cc1cccc(Sc2cccc(N(CCCc3ccccc3)C(=O)NC3CCCCC3)c2)c1. The van der Waals surface area contributed by atoms with Crippen LogP contribution < -0.4 is 10.2 Å². The van der Waals surface area contributed by atoms with Crippen LogP contribution in [-0.4, -0.2) is 29.7 Å². The molecule has 0 spiro atoms. The summed E-state index contributed by atoms with van der Waals surface area (Å²) >= 11 is 1.58. The number of amides is 2. The summed E-state index contributed by atoms with van der Waals surface area (Å²) in [4.78, 5) is 28.4. The van der Waals surface area contributed by atoms with Crippen LogP contribution in [0.25, 0.3) is 0 Å². The number of carbonyl (C=O) groups is 2. The van der Waals surface area contributed by atoms with E-state index in [-0.39, 0.29) is 18.5 Å². The van der Waals surface area contributed by atoms with E-state index in [0.29, 0.717) is 6.54 Å². The normalized spacial score (nSPS) is 13.8. The standard InChI is InChI=1S/C30H34N2O3S/c33-29(34)21-24-12-7-17-27(20-24)36-28-18-8-16-26(22-28)32(19-9-13-23-10-3-1-4-11-23)30(35)31-25-14-5-2-6-15-25/h1,3-4,7-8,10-12,16-18,20,22,25H,2,5-6,9,13-15,19,21H2,(H,31,35)(H,33,34). The first-order chi connectivity index (χ1) is 17.6. The summed E-state index contributed by atoms with van der Waals surface area (Å²) in [6.45, 7) is 0.635. The largest absolute Gasteiger partial charge is 0.481 e. The van der Waals surface area contributed by atoms with Crippen molar-refractivity contribution in [2.45, 2.75) is 67.2 Å². The molecule has 3 aromatic rings. The lowest BCUT2D eigenvalue weighted by atomic mass is 9.96. The molecular formula is C30H34N2O3S. The minimum absolute atomic E-state index is 0.00493. The highest BCUT2D eigenvalue weighted by Crippen LogP contribution is 2.31. The smallest absolute Gasteiger partial charge is 0.322 e. The summed E-state index contributed by atoms with van der Waals surface area (Å²) in [5.41, 5.74) is 2.93. The molecule has 2 amide bonds. The zero-order valence-corrected chi connectivity index (χ0v) is 21.4. The summed E-state index contributed by atoms with van der Waals surface area (Å²) in [6, 6.07) is 26.3. The number of rotatable bonds is 10. The van der Waals surface area contributed by atoms with Crippen LogP contribution in [0.5, 0.6) is 0 Å². The maximum absolute atomic E-state index is 13.4. The highest BCUT2D eigenvalue weighted by Gasteiger charge is 2.21. The molecule has 36 heavy (non-hydrogen) atoms. The molecule has 0 heterocycles. The first kappa shape index (κ1) is 25.8. The fraction of sp³-hybridized carbons (Fsp3) is 0.333. The second kappa shape index (κ2) is 13.2. The molecule has 0 atom stereocenters. The van der Waals surface area contributed by atoms with Crippen molar-refractivity contribution in [3.8, 4) is 0 Å². The zero-order valence-electron chi connectivity index (χ0n) is 20.6. The summed E-state index contributed by atoms with van der Waals surface area (Å²) in [6.07, 6.45) is 7.48. The second-order valence-corrected chi connectivity index (χ2v) is 10.5. The van der Waals surface area contributed by atoms with Gasteiger partial charge in [0, 0.05) is 28.1 Å². The molecule has 188 valence electrons. The lowest BCUT2D eigenvalue weighted by molar-refractivity contribution is -0.136. The number of benzene rings is 3. The topological polar surface area (TPSA) is 69.6 Å². The van der Waals surface area contributed by atoms with Gasteiger partial charge in [0.25, 0.3) is 0 Å². The van der Waals surface area contributed by atoms with Crippen molar-refractivity contribution in [3.05, 3.63) is 90.0 Å². The van der Waals surface area contributed by atoms with Crippen molar-refractivity contribution in [3.63, 3.8) is 0 Å². The van der Waals surface area contributed by atoms with Crippen molar-refractivity contribution in [1.29, 1.82) is 0 Å². The second-order valence-electron chi connectivity index (χ2n) is 9.34. The molecule has 4 rings (SSSR count). The molecule has 1 aliphatic carbocycles. The molecule has 0 aliphatic heterocycles. The van der Waals surface area contributed by atoms with Crippen LogP contribution in [0.1, 0.15) is 49.7 Å². The summed E-state index contributed by atoms with van der Waals surface area (Å²) in [5.74, 6) is -0.839. The Kier molecular flexibility index (Phi) is 9.45. The third kappa shape index (κ3) is 7.89. The first-order valence-electron chi connectivity index (χ1n) is 12.8. The summed E-state index contributed by atoms with van der Waals surface area (Å²) in [7, 11) is 0. The van der Waals surface area contributed by atoms with Gasteiger partial charge >= 0.3 is 12.0 Å². The van der Waals surface area contributed by atoms with E-state index in [9.17, 15) is 9.59 Å². The van der Waals surface area contributed by atoms with E-state index in [2.05, 4.69) is 35.6 Å². The summed E-state index contributed by atoms with van der Waals surface area (Å²) < 4.78 is 0. The molecule has 0 saturated heterocycles. The number of hydrogen-bond acceptors (Lipinski definition) is 3. The van der Waals surface area contributed by atoms with E-state index < -0.39 is 5.97 Å².